The summed E-state index contributed by atoms with van der Waals surface area (Å²) in [7, 11) is 1.79. The van der Waals surface area contributed by atoms with E-state index in [0.29, 0.717) is 12.2 Å². The van der Waals surface area contributed by atoms with Crippen LogP contribution in [0.2, 0.25) is 0 Å². The number of nitrogens with zero attached hydrogens (tertiary/aromatic N) is 3. The van der Waals surface area contributed by atoms with Crippen molar-refractivity contribution >= 4 is 33.8 Å². The molecule has 0 atom stereocenters. The van der Waals surface area contributed by atoms with E-state index in [0.717, 1.165) is 34.0 Å². The fourth-order valence-electron chi connectivity index (χ4n) is 3.06. The average molecular weight is 416 g/mol. The Morgan fingerprint density at radius 3 is 2.48 bits per heavy atom. The van der Waals surface area contributed by atoms with Crippen LogP contribution in [0.4, 0.5) is 24.0 Å². The summed E-state index contributed by atoms with van der Waals surface area (Å²) in [6.45, 7) is 0.465. The molecular weight excluding hydrogens is 401 g/mol. The highest BCUT2D eigenvalue weighted by atomic mass is 32.1. The molecule has 5 nitrogen and oxygen atoms in total. The van der Waals surface area contributed by atoms with Crippen molar-refractivity contribution in [1.29, 1.82) is 0 Å². The molecule has 4 rings (SSSR count). The highest BCUT2D eigenvalue weighted by Gasteiger charge is 2.26. The highest BCUT2D eigenvalue weighted by Crippen LogP contribution is 2.34. The van der Waals surface area contributed by atoms with E-state index in [2.05, 4.69) is 10.3 Å². The predicted molar refractivity (Wildman–Crippen MR) is 106 cm³/mol. The summed E-state index contributed by atoms with van der Waals surface area (Å²) in [5.74, 6) is -3.14. The molecular formula is C20H15F3N4OS. The van der Waals surface area contributed by atoms with Gasteiger partial charge in [0.15, 0.2) is 5.13 Å². The number of nitrogens with one attached hydrogen (secondary N) is 1. The average Bonchev–Trinajstić information content (AvgIpc) is 3.28. The second-order valence-corrected chi connectivity index (χ2v) is 7.26. The van der Waals surface area contributed by atoms with E-state index in [1.54, 1.807) is 41.5 Å². The number of para-hydroxylation sites is 1. The van der Waals surface area contributed by atoms with Gasteiger partial charge in [-0.3, -0.25) is 20.1 Å². The SMILES string of the molecule is CN1C(c2cnc(NC(=O)c3c(F)cccc3F)s2)=CCN1c1ccccc1F. The van der Waals surface area contributed by atoms with Gasteiger partial charge in [-0.1, -0.05) is 29.5 Å². The molecule has 1 aromatic heterocycles. The maximum Gasteiger partial charge on any atom is 0.263 e. The molecule has 148 valence electrons. The first kappa shape index (κ1) is 19.0. The van der Waals surface area contributed by atoms with Crippen molar-refractivity contribution in [2.75, 3.05) is 23.9 Å². The van der Waals surface area contributed by atoms with E-state index in [9.17, 15) is 18.0 Å². The van der Waals surface area contributed by atoms with E-state index in [-0.39, 0.29) is 10.9 Å². The van der Waals surface area contributed by atoms with Crippen molar-refractivity contribution in [3.05, 3.63) is 82.6 Å². The molecule has 0 unspecified atom stereocenters. The van der Waals surface area contributed by atoms with Crippen molar-refractivity contribution in [3.8, 4) is 0 Å². The Hall–Kier alpha value is -3.33. The molecule has 1 aliphatic heterocycles. The number of aromatic nitrogens is 1. The number of rotatable bonds is 4. The van der Waals surface area contributed by atoms with Crippen LogP contribution >= 0.6 is 11.3 Å². The zero-order chi connectivity index (χ0) is 20.5. The van der Waals surface area contributed by atoms with Crippen LogP contribution in [0.15, 0.2) is 54.7 Å². The van der Waals surface area contributed by atoms with Crippen LogP contribution in [0, 0.1) is 17.5 Å². The zero-order valence-corrected chi connectivity index (χ0v) is 16.0. The molecule has 0 fully saturated rings. The van der Waals surface area contributed by atoms with Crippen molar-refractivity contribution in [2.24, 2.45) is 0 Å². The molecule has 1 aliphatic rings. The molecule has 3 aromatic rings. The Bertz CT molecular complexity index is 1090. The number of thiazole rings is 1. The van der Waals surface area contributed by atoms with Crippen LogP contribution in [0.1, 0.15) is 15.2 Å². The quantitative estimate of drug-likeness (QED) is 0.680. The van der Waals surface area contributed by atoms with Gasteiger partial charge in [0.1, 0.15) is 23.0 Å². The van der Waals surface area contributed by atoms with Gasteiger partial charge in [0.05, 0.1) is 22.8 Å². The molecule has 0 aliphatic carbocycles. The number of benzene rings is 2. The van der Waals surface area contributed by atoms with Crippen molar-refractivity contribution in [1.82, 2.24) is 9.99 Å². The van der Waals surface area contributed by atoms with E-state index >= 15 is 0 Å². The Morgan fingerprint density at radius 2 is 1.76 bits per heavy atom. The number of amides is 1. The van der Waals surface area contributed by atoms with Gasteiger partial charge in [-0.25, -0.2) is 18.2 Å². The lowest BCUT2D eigenvalue weighted by atomic mass is 10.2. The van der Waals surface area contributed by atoms with Crippen LogP contribution < -0.4 is 10.3 Å². The molecule has 0 saturated carbocycles. The summed E-state index contributed by atoms with van der Waals surface area (Å²) in [6.07, 6.45) is 3.45. The van der Waals surface area contributed by atoms with Gasteiger partial charge < -0.3 is 0 Å². The molecule has 1 amide bonds. The third-order valence-corrected chi connectivity index (χ3v) is 5.40. The van der Waals surface area contributed by atoms with Gasteiger partial charge in [-0.2, -0.15) is 0 Å². The molecule has 0 saturated heterocycles. The van der Waals surface area contributed by atoms with Gasteiger partial charge in [-0.15, -0.1) is 0 Å². The van der Waals surface area contributed by atoms with E-state index in [4.69, 9.17) is 0 Å². The monoisotopic (exact) mass is 416 g/mol. The summed E-state index contributed by atoms with van der Waals surface area (Å²) in [4.78, 5) is 17.1. The molecule has 2 aromatic carbocycles. The topological polar surface area (TPSA) is 48.5 Å². The first-order valence-electron chi connectivity index (χ1n) is 8.63. The number of halogens is 3. The number of hydrogen-bond acceptors (Lipinski definition) is 5. The third-order valence-electron chi connectivity index (χ3n) is 4.47. The lowest BCUT2D eigenvalue weighted by Gasteiger charge is -2.30. The minimum atomic E-state index is -0.946. The van der Waals surface area contributed by atoms with Crippen LogP contribution in [-0.2, 0) is 0 Å². The van der Waals surface area contributed by atoms with Crippen LogP contribution in [0.3, 0.4) is 0 Å². The predicted octanol–water partition coefficient (Wildman–Crippen LogP) is 4.52. The second-order valence-electron chi connectivity index (χ2n) is 6.23. The molecule has 0 bridgehead atoms. The first-order valence-corrected chi connectivity index (χ1v) is 9.45. The zero-order valence-electron chi connectivity index (χ0n) is 15.2. The first-order chi connectivity index (χ1) is 14.0. The minimum Gasteiger partial charge on any atom is -0.298 e. The number of carbonyl (C=O) groups excluding carboxylic acids is 1. The van der Waals surface area contributed by atoms with Gasteiger partial charge >= 0.3 is 0 Å². The summed E-state index contributed by atoms with van der Waals surface area (Å²) in [6, 6.07) is 9.67. The van der Waals surface area contributed by atoms with Gasteiger partial charge in [0.25, 0.3) is 5.91 Å². The smallest absolute Gasteiger partial charge is 0.263 e. The van der Waals surface area contributed by atoms with Crippen molar-refractivity contribution in [2.45, 2.75) is 0 Å². The molecule has 2 heterocycles. The second kappa shape index (κ2) is 7.59. The van der Waals surface area contributed by atoms with E-state index in [1.807, 2.05) is 6.08 Å². The Labute approximate surface area is 168 Å². The standard InChI is InChI=1S/C20H15F3N4OS/c1-26-16(9-10-27(26)15-8-3-2-5-12(15)21)17-11-24-20(29-17)25-19(28)18-13(22)6-4-7-14(18)23/h2-9,11H,10H2,1H3,(H,24,25,28). The normalized spacial score (nSPS) is 13.6. The Morgan fingerprint density at radius 1 is 1.07 bits per heavy atom. The van der Waals surface area contributed by atoms with Crippen molar-refractivity contribution in [3.63, 3.8) is 0 Å². The molecule has 0 radical (unpaired) electrons. The number of anilines is 2. The highest BCUT2D eigenvalue weighted by molar-refractivity contribution is 7.16. The summed E-state index contributed by atoms with van der Waals surface area (Å²) in [5, 5.41) is 6.17. The Balaban J connectivity index is 1.51. The van der Waals surface area contributed by atoms with E-state index < -0.39 is 23.1 Å². The lowest BCUT2D eigenvalue weighted by Crippen LogP contribution is -2.34. The summed E-state index contributed by atoms with van der Waals surface area (Å²) in [5.41, 5.74) is 0.560. The maximum absolute atomic E-state index is 14.1. The van der Waals surface area contributed by atoms with Crippen LogP contribution in [0.5, 0.6) is 0 Å². The molecule has 1 N–H and O–H groups in total. The third kappa shape index (κ3) is 3.56. The van der Waals surface area contributed by atoms with Gasteiger partial charge in [0.2, 0.25) is 0 Å². The lowest BCUT2D eigenvalue weighted by molar-refractivity contribution is 0.101. The number of hydrogen-bond donors (Lipinski definition) is 1. The fraction of sp³-hybridized carbons (Fsp3) is 0.100. The van der Waals surface area contributed by atoms with Gasteiger partial charge in [-0.05, 0) is 30.3 Å². The van der Waals surface area contributed by atoms with Crippen LogP contribution in [0.25, 0.3) is 5.70 Å². The van der Waals surface area contributed by atoms with E-state index in [1.165, 1.54) is 12.1 Å². The molecule has 0 spiro atoms. The Kier molecular flexibility index (Phi) is 4.98. The largest absolute Gasteiger partial charge is 0.298 e. The summed E-state index contributed by atoms with van der Waals surface area (Å²) >= 11 is 1.15. The van der Waals surface area contributed by atoms with Gasteiger partial charge in [0, 0.05) is 13.2 Å². The summed E-state index contributed by atoms with van der Waals surface area (Å²) < 4.78 is 41.7. The molecule has 9 heteroatoms. The maximum atomic E-state index is 14.1. The minimum absolute atomic E-state index is 0.200. The molecule has 29 heavy (non-hydrogen) atoms. The number of carbonyl (C=O) groups is 1. The number of hydrazine groups is 1. The fourth-order valence-corrected chi connectivity index (χ4v) is 3.95. The van der Waals surface area contributed by atoms with Crippen LogP contribution in [-0.4, -0.2) is 29.5 Å². The van der Waals surface area contributed by atoms with Crippen molar-refractivity contribution < 1.29 is 18.0 Å².